The van der Waals surface area contributed by atoms with Crippen LogP contribution in [0.25, 0.3) is 0 Å². The van der Waals surface area contributed by atoms with Crippen LogP contribution in [0.1, 0.15) is 23.4 Å². The first-order valence-corrected chi connectivity index (χ1v) is 11.7. The minimum Gasteiger partial charge on any atom is -0.326 e. The van der Waals surface area contributed by atoms with E-state index in [2.05, 4.69) is 5.09 Å². The first-order valence-electron chi connectivity index (χ1n) is 8.45. The molecule has 3 nitrogen and oxygen atoms in total. The molecule has 1 heterocycles. The van der Waals surface area contributed by atoms with Crippen LogP contribution in [0.3, 0.4) is 0 Å². The fourth-order valence-corrected chi connectivity index (χ4v) is 7.52. The lowest BCUT2D eigenvalue weighted by atomic mass is 10.0. The van der Waals surface area contributed by atoms with Crippen LogP contribution in [0, 0.1) is 0 Å². The van der Waals surface area contributed by atoms with Crippen LogP contribution in [0.4, 0.5) is 5.69 Å². The summed E-state index contributed by atoms with van der Waals surface area (Å²) in [7, 11) is -3.18. The number of rotatable bonds is 4. The van der Waals surface area contributed by atoms with Gasteiger partial charge in [-0.1, -0.05) is 47.5 Å². The predicted octanol–water partition coefficient (Wildman–Crippen LogP) is 5.67. The maximum Gasteiger partial charge on any atom is 0.254 e. The summed E-state index contributed by atoms with van der Waals surface area (Å²) < 4.78 is 14.8. The molecule has 7 heteroatoms. The summed E-state index contributed by atoms with van der Waals surface area (Å²) in [6.07, 6.45) is 4.27. The fourth-order valence-electron chi connectivity index (χ4n) is 3.09. The lowest BCUT2D eigenvalue weighted by Gasteiger charge is -2.20. The van der Waals surface area contributed by atoms with Crippen LogP contribution in [0.15, 0.2) is 48.5 Å². The molecule has 3 aromatic rings. The summed E-state index contributed by atoms with van der Waals surface area (Å²) in [4.78, 5) is 6.02. The molecule has 0 fully saturated rings. The van der Waals surface area contributed by atoms with Crippen molar-refractivity contribution in [1.82, 2.24) is 4.98 Å². The van der Waals surface area contributed by atoms with Gasteiger partial charge < -0.3 is 5.09 Å². The molecule has 1 aliphatic carbocycles. The number of thiazole rings is 1. The molecule has 1 atom stereocenters. The van der Waals surface area contributed by atoms with Crippen LogP contribution >= 0.6 is 41.8 Å². The van der Waals surface area contributed by atoms with Gasteiger partial charge in [-0.2, -0.15) is 0 Å². The van der Waals surface area contributed by atoms with E-state index in [1.807, 2.05) is 30.3 Å². The van der Waals surface area contributed by atoms with Gasteiger partial charge in [0.15, 0.2) is 4.75 Å². The summed E-state index contributed by atoms with van der Waals surface area (Å²) in [5.41, 5.74) is 1.64. The number of benzene rings is 2. The molecule has 1 N–H and O–H groups in total. The topological polar surface area (TPSA) is 42.0 Å². The lowest BCUT2D eigenvalue weighted by molar-refractivity contribution is 0.590. The second kappa shape index (κ2) is 7.36. The Morgan fingerprint density at radius 1 is 1.00 bits per heavy atom. The van der Waals surface area contributed by atoms with Gasteiger partial charge >= 0.3 is 0 Å². The van der Waals surface area contributed by atoms with Crippen molar-refractivity contribution in [2.24, 2.45) is 0 Å². The molecule has 1 aliphatic rings. The first-order chi connectivity index (χ1) is 12.6. The zero-order chi connectivity index (χ0) is 18.1. The summed E-state index contributed by atoms with van der Waals surface area (Å²) in [5.74, 6) is 0. The normalized spacial score (nSPS) is 15.9. The van der Waals surface area contributed by atoms with Gasteiger partial charge in [-0.05, 0) is 49.9 Å². The molecule has 1 aromatic heterocycles. The third-order valence-corrected chi connectivity index (χ3v) is 9.50. The van der Waals surface area contributed by atoms with Gasteiger partial charge in [-0.15, -0.1) is 11.3 Å². The van der Waals surface area contributed by atoms with Gasteiger partial charge in [-0.25, -0.2) is 4.98 Å². The van der Waals surface area contributed by atoms with Crippen LogP contribution in [-0.4, -0.2) is 4.98 Å². The van der Waals surface area contributed by atoms with E-state index in [-0.39, 0.29) is 0 Å². The number of fused-ring (bicyclic) bond motifs is 1. The molecular weight excluding hydrogens is 406 g/mol. The van der Waals surface area contributed by atoms with E-state index in [0.29, 0.717) is 25.8 Å². The molecule has 2 aromatic carbocycles. The number of nitrogens with one attached hydrogen (secondary N) is 1. The molecular formula is C19H17Cl2N2OPS. The maximum atomic E-state index is 14.2. The first kappa shape index (κ1) is 18.1. The quantitative estimate of drug-likeness (QED) is 0.550. The van der Waals surface area contributed by atoms with Crippen molar-refractivity contribution in [3.63, 3.8) is 0 Å². The summed E-state index contributed by atoms with van der Waals surface area (Å²) in [5, 5.41) is 4.70. The second-order valence-electron chi connectivity index (χ2n) is 6.23. The Morgan fingerprint density at radius 2 is 1.77 bits per heavy atom. The van der Waals surface area contributed by atoms with Crippen LogP contribution in [0.2, 0.25) is 10.0 Å². The number of halogens is 2. The molecule has 4 rings (SSSR count). The van der Waals surface area contributed by atoms with Crippen molar-refractivity contribution >= 4 is 57.6 Å². The fraction of sp³-hybridized carbons (Fsp3) is 0.211. The van der Waals surface area contributed by atoms with Crippen molar-refractivity contribution in [3.8, 4) is 0 Å². The van der Waals surface area contributed by atoms with E-state index < -0.39 is 7.29 Å². The molecule has 0 spiro atoms. The molecule has 0 saturated heterocycles. The Balaban J connectivity index is 1.84. The molecule has 0 saturated carbocycles. The monoisotopic (exact) mass is 422 g/mol. The van der Waals surface area contributed by atoms with Crippen LogP contribution < -0.4 is 15.1 Å². The van der Waals surface area contributed by atoms with E-state index in [0.717, 1.165) is 31.4 Å². The number of hydrogen-bond donors (Lipinski definition) is 1. The Morgan fingerprint density at radius 3 is 2.54 bits per heavy atom. The SMILES string of the molecule is O=[P@](Nc1cccc(Cl)c1Cl)(c1ccccc1)c1nc2c(s1)CCCC2. The average molecular weight is 423 g/mol. The molecule has 0 unspecified atom stereocenters. The van der Waals surface area contributed by atoms with Crippen molar-refractivity contribution in [2.75, 3.05) is 5.09 Å². The zero-order valence-corrected chi connectivity index (χ0v) is 17.1. The Kier molecular flexibility index (Phi) is 5.11. The second-order valence-corrected chi connectivity index (χ2v) is 10.8. The number of anilines is 1. The van der Waals surface area contributed by atoms with E-state index in [1.54, 1.807) is 29.5 Å². The van der Waals surface area contributed by atoms with E-state index in [4.69, 9.17) is 28.2 Å². The molecule has 134 valence electrons. The summed E-state index contributed by atoms with van der Waals surface area (Å²) in [6.45, 7) is 0. The van der Waals surface area contributed by atoms with Gasteiger partial charge in [0.2, 0.25) is 0 Å². The third-order valence-electron chi connectivity index (χ3n) is 4.45. The highest BCUT2D eigenvalue weighted by Gasteiger charge is 2.33. The zero-order valence-electron chi connectivity index (χ0n) is 13.9. The summed E-state index contributed by atoms with van der Waals surface area (Å²) >= 11 is 14.0. The van der Waals surface area contributed by atoms with Crippen molar-refractivity contribution in [3.05, 3.63) is 69.1 Å². The number of hydrogen-bond acceptors (Lipinski definition) is 3. The minimum absolute atomic E-state index is 0.367. The molecule has 0 amide bonds. The van der Waals surface area contributed by atoms with Crippen LogP contribution in [0.5, 0.6) is 0 Å². The highest BCUT2D eigenvalue weighted by Crippen LogP contribution is 2.47. The largest absolute Gasteiger partial charge is 0.326 e. The van der Waals surface area contributed by atoms with Gasteiger partial charge in [0.05, 0.1) is 21.4 Å². The lowest BCUT2D eigenvalue weighted by Crippen LogP contribution is -2.22. The van der Waals surface area contributed by atoms with E-state index in [1.165, 1.54) is 4.88 Å². The minimum atomic E-state index is -3.18. The number of nitrogens with zero attached hydrogens (tertiary/aromatic N) is 1. The van der Waals surface area contributed by atoms with E-state index >= 15 is 0 Å². The Bertz CT molecular complexity index is 967. The number of aromatic nitrogens is 1. The molecule has 26 heavy (non-hydrogen) atoms. The van der Waals surface area contributed by atoms with E-state index in [9.17, 15) is 4.57 Å². The van der Waals surface area contributed by atoms with Gasteiger partial charge in [0, 0.05) is 10.2 Å². The van der Waals surface area contributed by atoms with Gasteiger partial charge in [0.25, 0.3) is 7.29 Å². The van der Waals surface area contributed by atoms with Crippen molar-refractivity contribution in [1.29, 1.82) is 0 Å². The molecule has 0 radical (unpaired) electrons. The highest BCUT2D eigenvalue weighted by atomic mass is 35.5. The molecule has 0 bridgehead atoms. The molecule has 0 aliphatic heterocycles. The maximum absolute atomic E-state index is 14.2. The van der Waals surface area contributed by atoms with Gasteiger partial charge in [-0.3, -0.25) is 4.57 Å². The number of aryl methyl sites for hydroxylation is 2. The smallest absolute Gasteiger partial charge is 0.254 e. The standard InChI is InChI=1S/C19H17Cl2N2OPS/c20-14-9-6-11-16(18(14)21)23-25(24,13-7-2-1-3-8-13)19-22-15-10-4-5-12-17(15)26-19/h1-3,6-9,11H,4-5,10,12H2,(H,23,24)/t25-/m1/s1. The van der Waals surface area contributed by atoms with Gasteiger partial charge in [0.1, 0.15) is 0 Å². The Labute approximate surface area is 166 Å². The third kappa shape index (κ3) is 3.32. The van der Waals surface area contributed by atoms with Crippen LogP contribution in [-0.2, 0) is 17.4 Å². The van der Waals surface area contributed by atoms with Crippen molar-refractivity contribution in [2.45, 2.75) is 25.7 Å². The van der Waals surface area contributed by atoms with Crippen molar-refractivity contribution < 1.29 is 4.57 Å². The summed E-state index contributed by atoms with van der Waals surface area (Å²) in [6, 6.07) is 14.7. The predicted molar refractivity (Wildman–Crippen MR) is 112 cm³/mol. The average Bonchev–Trinajstić information content (AvgIpc) is 3.11. The highest BCUT2D eigenvalue weighted by molar-refractivity contribution is 7.84. The Hall–Kier alpha value is -1.32.